The van der Waals surface area contributed by atoms with Gasteiger partial charge < -0.3 is 15.0 Å². The number of benzene rings is 4. The van der Waals surface area contributed by atoms with Crippen molar-refractivity contribution in [1.82, 2.24) is 10.2 Å². The smallest absolute Gasteiger partial charge is 0.264 e. The summed E-state index contributed by atoms with van der Waals surface area (Å²) in [6.45, 7) is 4.22. The first-order valence-electron chi connectivity index (χ1n) is 15.0. The topological polar surface area (TPSA) is 96.0 Å². The van der Waals surface area contributed by atoms with Gasteiger partial charge in [0.25, 0.3) is 10.0 Å². The molecule has 4 aromatic rings. The largest absolute Gasteiger partial charge is 0.494 e. The van der Waals surface area contributed by atoms with Crippen molar-refractivity contribution < 1.29 is 22.7 Å². The standard InChI is InChI=1S/C35H37BrClN3O5S/c1-3-22-38-35(42)33(23-26-8-6-5-7-9-26)39(24-27-10-12-28(36)13-11-27)34(41)25-40(30-16-18-31(19-17-30)45-4-2)46(43,44)32-20-14-29(37)15-21-32/h5-21,33H,3-4,22-25H2,1-2H3,(H,38,42). The highest BCUT2D eigenvalue weighted by molar-refractivity contribution is 9.10. The molecule has 4 aromatic carbocycles. The Bertz CT molecular complexity index is 1690. The molecule has 2 amide bonds. The second-order valence-corrected chi connectivity index (χ2v) is 13.8. The minimum Gasteiger partial charge on any atom is -0.494 e. The van der Waals surface area contributed by atoms with Crippen molar-refractivity contribution in [2.45, 2.75) is 44.2 Å². The minimum absolute atomic E-state index is 0.0282. The van der Waals surface area contributed by atoms with Crippen LogP contribution in [-0.4, -0.2) is 50.9 Å². The van der Waals surface area contributed by atoms with Crippen LogP contribution in [0.3, 0.4) is 0 Å². The van der Waals surface area contributed by atoms with Gasteiger partial charge in [0.15, 0.2) is 0 Å². The number of carbonyl (C=O) groups excluding carboxylic acids is 2. The van der Waals surface area contributed by atoms with E-state index < -0.39 is 28.5 Å². The fourth-order valence-corrected chi connectivity index (χ4v) is 6.65. The zero-order valence-corrected chi connectivity index (χ0v) is 28.9. The fourth-order valence-electron chi connectivity index (χ4n) is 4.84. The van der Waals surface area contributed by atoms with E-state index in [4.69, 9.17) is 16.3 Å². The molecule has 0 bridgehead atoms. The molecule has 0 spiro atoms. The Kier molecular flexibility index (Phi) is 12.7. The van der Waals surface area contributed by atoms with Crippen LogP contribution in [0.2, 0.25) is 5.02 Å². The first kappa shape index (κ1) is 35.0. The molecule has 0 radical (unpaired) electrons. The molecule has 4 rings (SSSR count). The van der Waals surface area contributed by atoms with E-state index in [0.717, 1.165) is 26.3 Å². The maximum absolute atomic E-state index is 14.5. The quantitative estimate of drug-likeness (QED) is 0.145. The van der Waals surface area contributed by atoms with Crippen molar-refractivity contribution in [2.24, 2.45) is 0 Å². The van der Waals surface area contributed by atoms with Crippen LogP contribution in [0, 0.1) is 0 Å². The Labute approximate surface area is 284 Å². The second kappa shape index (κ2) is 16.6. The van der Waals surface area contributed by atoms with Crippen LogP contribution < -0.4 is 14.4 Å². The van der Waals surface area contributed by atoms with Crippen molar-refractivity contribution >= 4 is 55.1 Å². The predicted octanol–water partition coefficient (Wildman–Crippen LogP) is 6.86. The summed E-state index contributed by atoms with van der Waals surface area (Å²) in [5.74, 6) is -0.292. The highest BCUT2D eigenvalue weighted by atomic mass is 79.9. The number of amides is 2. The maximum Gasteiger partial charge on any atom is 0.264 e. The van der Waals surface area contributed by atoms with Gasteiger partial charge >= 0.3 is 0 Å². The summed E-state index contributed by atoms with van der Waals surface area (Å²) < 4.78 is 35.8. The summed E-state index contributed by atoms with van der Waals surface area (Å²) in [6, 6.07) is 28.3. The number of hydrogen-bond acceptors (Lipinski definition) is 5. The summed E-state index contributed by atoms with van der Waals surface area (Å²) >= 11 is 9.51. The number of halogens is 2. The van der Waals surface area contributed by atoms with Gasteiger partial charge in [-0.2, -0.15) is 0 Å². The third-order valence-electron chi connectivity index (χ3n) is 7.20. The van der Waals surface area contributed by atoms with Crippen molar-refractivity contribution in [3.8, 4) is 5.75 Å². The summed E-state index contributed by atoms with van der Waals surface area (Å²) in [7, 11) is -4.24. The molecular formula is C35H37BrClN3O5S. The Hall–Kier alpha value is -3.86. The molecule has 1 unspecified atom stereocenters. The monoisotopic (exact) mass is 725 g/mol. The van der Waals surface area contributed by atoms with E-state index in [9.17, 15) is 18.0 Å². The van der Waals surface area contributed by atoms with E-state index in [2.05, 4.69) is 21.2 Å². The molecule has 1 atom stereocenters. The number of nitrogens with one attached hydrogen (secondary N) is 1. The zero-order valence-electron chi connectivity index (χ0n) is 25.7. The fraction of sp³-hybridized carbons (Fsp3) is 0.257. The van der Waals surface area contributed by atoms with Gasteiger partial charge in [0.2, 0.25) is 11.8 Å². The molecule has 0 aliphatic heterocycles. The van der Waals surface area contributed by atoms with Crippen molar-refractivity contribution in [3.05, 3.63) is 124 Å². The van der Waals surface area contributed by atoms with Crippen LogP contribution >= 0.6 is 27.5 Å². The molecule has 11 heteroatoms. The molecule has 0 saturated heterocycles. The number of carbonyl (C=O) groups is 2. The SMILES string of the molecule is CCCNC(=O)C(Cc1ccccc1)N(Cc1ccc(Br)cc1)C(=O)CN(c1ccc(OCC)cc1)S(=O)(=O)c1ccc(Cl)cc1. The van der Waals surface area contributed by atoms with Crippen LogP contribution in [0.25, 0.3) is 0 Å². The molecule has 0 fully saturated rings. The maximum atomic E-state index is 14.5. The lowest BCUT2D eigenvalue weighted by molar-refractivity contribution is -0.140. The molecule has 242 valence electrons. The molecule has 0 aromatic heterocycles. The third-order valence-corrected chi connectivity index (χ3v) is 9.77. The van der Waals surface area contributed by atoms with Crippen molar-refractivity contribution in [3.63, 3.8) is 0 Å². The van der Waals surface area contributed by atoms with Crippen molar-refractivity contribution in [2.75, 3.05) is 24.0 Å². The van der Waals surface area contributed by atoms with Gasteiger partial charge in [0.05, 0.1) is 17.2 Å². The summed E-state index contributed by atoms with van der Waals surface area (Å²) in [5, 5.41) is 3.33. The van der Waals surface area contributed by atoms with E-state index in [-0.39, 0.29) is 29.5 Å². The van der Waals surface area contributed by atoms with Gasteiger partial charge in [0.1, 0.15) is 18.3 Å². The van der Waals surface area contributed by atoms with Gasteiger partial charge in [0, 0.05) is 29.0 Å². The van der Waals surface area contributed by atoms with Gasteiger partial charge in [-0.05, 0) is 85.1 Å². The average Bonchev–Trinajstić information content (AvgIpc) is 3.06. The van der Waals surface area contributed by atoms with E-state index in [1.54, 1.807) is 24.3 Å². The number of rotatable bonds is 15. The van der Waals surface area contributed by atoms with Gasteiger partial charge in [-0.25, -0.2) is 8.42 Å². The molecule has 0 aliphatic carbocycles. The van der Waals surface area contributed by atoms with E-state index in [0.29, 0.717) is 23.9 Å². The number of anilines is 1. The van der Waals surface area contributed by atoms with E-state index >= 15 is 0 Å². The zero-order chi connectivity index (χ0) is 33.1. The lowest BCUT2D eigenvalue weighted by Gasteiger charge is -2.34. The van der Waals surface area contributed by atoms with Crippen LogP contribution in [-0.2, 0) is 32.6 Å². The highest BCUT2D eigenvalue weighted by Crippen LogP contribution is 2.28. The minimum atomic E-state index is -4.24. The Morgan fingerprint density at radius 2 is 1.52 bits per heavy atom. The lowest BCUT2D eigenvalue weighted by Crippen LogP contribution is -2.53. The molecule has 1 N–H and O–H groups in total. The van der Waals surface area contributed by atoms with Gasteiger partial charge in [-0.1, -0.05) is 76.9 Å². The Morgan fingerprint density at radius 3 is 2.13 bits per heavy atom. The number of ether oxygens (including phenoxy) is 1. The number of sulfonamides is 1. The second-order valence-electron chi connectivity index (χ2n) is 10.5. The van der Waals surface area contributed by atoms with Crippen LogP contribution in [0.4, 0.5) is 5.69 Å². The summed E-state index contributed by atoms with van der Waals surface area (Å²) in [6.07, 6.45) is 0.959. The molecule has 8 nitrogen and oxygen atoms in total. The van der Waals surface area contributed by atoms with Crippen LogP contribution in [0.15, 0.2) is 112 Å². The molecular weight excluding hydrogens is 690 g/mol. The van der Waals surface area contributed by atoms with E-state index in [1.165, 1.54) is 29.2 Å². The highest BCUT2D eigenvalue weighted by Gasteiger charge is 2.34. The molecule has 0 heterocycles. The first-order valence-corrected chi connectivity index (χ1v) is 17.6. The van der Waals surface area contributed by atoms with E-state index in [1.807, 2.05) is 68.4 Å². The lowest BCUT2D eigenvalue weighted by atomic mass is 10.0. The van der Waals surface area contributed by atoms with Gasteiger partial charge in [-0.15, -0.1) is 0 Å². The van der Waals surface area contributed by atoms with Crippen LogP contribution in [0.1, 0.15) is 31.4 Å². The Morgan fingerprint density at radius 1 is 0.870 bits per heavy atom. The van der Waals surface area contributed by atoms with Crippen LogP contribution in [0.5, 0.6) is 5.75 Å². The molecule has 46 heavy (non-hydrogen) atoms. The average molecular weight is 727 g/mol. The van der Waals surface area contributed by atoms with Crippen molar-refractivity contribution in [1.29, 1.82) is 0 Å². The molecule has 0 saturated carbocycles. The number of hydrogen-bond donors (Lipinski definition) is 1. The summed E-state index contributed by atoms with van der Waals surface area (Å²) in [4.78, 5) is 29.7. The molecule has 0 aliphatic rings. The predicted molar refractivity (Wildman–Crippen MR) is 186 cm³/mol. The number of nitrogens with zero attached hydrogens (tertiary/aromatic N) is 2. The first-order chi connectivity index (χ1) is 22.1. The van der Waals surface area contributed by atoms with Gasteiger partial charge in [-0.3, -0.25) is 13.9 Å². The normalized spacial score (nSPS) is 11.8. The Balaban J connectivity index is 1.79. The third kappa shape index (κ3) is 9.34. The summed E-state index contributed by atoms with van der Waals surface area (Å²) in [5.41, 5.74) is 1.92.